The fourth-order valence-electron chi connectivity index (χ4n) is 0.992. The summed E-state index contributed by atoms with van der Waals surface area (Å²) >= 11 is 0. The van der Waals surface area contributed by atoms with E-state index in [4.69, 9.17) is 0 Å². The molecule has 0 aliphatic heterocycles. The minimum Gasteiger partial charge on any atom is -0.203 e. The van der Waals surface area contributed by atoms with Gasteiger partial charge in [-0.05, 0) is 18.9 Å². The van der Waals surface area contributed by atoms with Crippen molar-refractivity contribution in [3.05, 3.63) is 17.6 Å². The van der Waals surface area contributed by atoms with Crippen LogP contribution in [-0.4, -0.2) is 0 Å². The summed E-state index contributed by atoms with van der Waals surface area (Å²) in [6.45, 7) is 4.14. The van der Waals surface area contributed by atoms with Crippen molar-refractivity contribution in [3.63, 3.8) is 0 Å². The van der Waals surface area contributed by atoms with Gasteiger partial charge >= 0.3 is 0 Å². The molecule has 0 bridgehead atoms. The van der Waals surface area contributed by atoms with Crippen molar-refractivity contribution in [2.75, 3.05) is 0 Å². The molecular formula is C11H19F. The van der Waals surface area contributed by atoms with E-state index in [2.05, 4.69) is 12.7 Å². The van der Waals surface area contributed by atoms with Crippen molar-refractivity contribution < 1.29 is 4.39 Å². The lowest BCUT2D eigenvalue weighted by molar-refractivity contribution is 0.554. The Kier molecular flexibility index (Phi) is 8.15. The maximum atomic E-state index is 12.8. The van der Waals surface area contributed by atoms with Crippen LogP contribution in [0.3, 0.4) is 0 Å². The van der Waals surface area contributed by atoms with E-state index >= 15 is 0 Å². The minimum absolute atomic E-state index is 0.0899. The van der Waals surface area contributed by atoms with Crippen LogP contribution in [0.25, 0.3) is 0 Å². The highest BCUT2D eigenvalue weighted by Crippen LogP contribution is 2.09. The molecule has 0 aromatic heterocycles. The number of allylic oxidation sites excluding steroid dienone is 1. The summed E-state index contributed by atoms with van der Waals surface area (Å²) < 4.78 is 12.8. The summed E-state index contributed by atoms with van der Waals surface area (Å²) in [4.78, 5) is 0. The number of hydrogen-bond acceptors (Lipinski definition) is 0. The third kappa shape index (κ3) is 7.56. The minimum atomic E-state index is -0.0899. The van der Waals surface area contributed by atoms with Crippen LogP contribution < -0.4 is 0 Å². The molecule has 1 heteroatoms. The van der Waals surface area contributed by atoms with Crippen LogP contribution in [0, 0.1) is 0 Å². The first-order valence-corrected chi connectivity index (χ1v) is 4.90. The molecule has 0 aromatic rings. The van der Waals surface area contributed by atoms with Crippen LogP contribution in [-0.2, 0) is 0 Å². The van der Waals surface area contributed by atoms with Crippen molar-refractivity contribution in [2.24, 2.45) is 0 Å². The molecule has 0 aliphatic rings. The third-order valence-corrected chi connectivity index (χ3v) is 1.71. The Hall–Kier alpha value is -0.550. The van der Waals surface area contributed by atoms with E-state index in [0.717, 1.165) is 19.3 Å². The lowest BCUT2D eigenvalue weighted by Crippen LogP contribution is -1.76. The van der Waals surface area contributed by atoms with Crippen LogP contribution in [0.5, 0.6) is 0 Å². The Balaban J connectivity index is 3.43. The third-order valence-electron chi connectivity index (χ3n) is 1.71. The highest BCUT2D eigenvalue weighted by molar-refractivity contribution is 4.91. The second kappa shape index (κ2) is 8.55. The molecule has 0 heterocycles. The first-order valence-electron chi connectivity index (χ1n) is 4.90. The molecule has 0 saturated carbocycles. The molecule has 0 saturated heterocycles. The Morgan fingerprint density at radius 2 is 2.00 bits per heavy atom. The molecule has 0 radical (unpaired) electrons. The van der Waals surface area contributed by atoms with Gasteiger partial charge in [-0.2, -0.15) is 0 Å². The van der Waals surface area contributed by atoms with Gasteiger partial charge in [-0.3, -0.25) is 0 Å². The standard InChI is InChI=1S/C11H19F/c1-3-5-7-8-10-11(12)9-6-4-2/h6H,3-5,7-8,10H2,1-2H3. The first-order chi connectivity index (χ1) is 5.81. The molecule has 0 N–H and O–H groups in total. The lowest BCUT2D eigenvalue weighted by Gasteiger charge is -1.94. The van der Waals surface area contributed by atoms with E-state index in [1.807, 2.05) is 6.92 Å². The smallest absolute Gasteiger partial charge is 0.142 e. The number of rotatable bonds is 6. The van der Waals surface area contributed by atoms with Gasteiger partial charge in [0.15, 0.2) is 0 Å². The Bertz CT molecular complexity index is 152. The van der Waals surface area contributed by atoms with E-state index in [-0.39, 0.29) is 5.83 Å². The number of unbranched alkanes of at least 4 members (excludes halogenated alkanes) is 3. The quantitative estimate of drug-likeness (QED) is 0.410. The molecule has 0 aliphatic carbocycles. The van der Waals surface area contributed by atoms with Crippen LogP contribution in [0.1, 0.15) is 52.4 Å². The van der Waals surface area contributed by atoms with Gasteiger partial charge in [0.05, 0.1) is 0 Å². The predicted molar refractivity (Wildman–Crippen MR) is 51.8 cm³/mol. The van der Waals surface area contributed by atoms with Gasteiger partial charge in [-0.1, -0.05) is 38.8 Å². The fourth-order valence-corrected chi connectivity index (χ4v) is 0.992. The van der Waals surface area contributed by atoms with Gasteiger partial charge in [0.25, 0.3) is 0 Å². The van der Waals surface area contributed by atoms with Gasteiger partial charge in [0, 0.05) is 6.42 Å². The van der Waals surface area contributed by atoms with E-state index in [0.29, 0.717) is 6.42 Å². The average Bonchev–Trinajstić information content (AvgIpc) is 2.09. The molecule has 0 spiro atoms. The monoisotopic (exact) mass is 170 g/mol. The molecule has 0 nitrogen and oxygen atoms in total. The zero-order valence-corrected chi connectivity index (χ0v) is 8.20. The highest BCUT2D eigenvalue weighted by atomic mass is 19.1. The first kappa shape index (κ1) is 11.4. The van der Waals surface area contributed by atoms with Crippen LogP contribution >= 0.6 is 0 Å². The Morgan fingerprint density at radius 3 is 2.58 bits per heavy atom. The molecule has 0 aromatic carbocycles. The molecule has 0 atom stereocenters. The van der Waals surface area contributed by atoms with Gasteiger partial charge in [-0.25, -0.2) is 4.39 Å². The summed E-state index contributed by atoms with van der Waals surface area (Å²) in [5, 5.41) is 0. The van der Waals surface area contributed by atoms with Crippen LogP contribution in [0.15, 0.2) is 17.6 Å². The normalized spacial score (nSPS) is 9.25. The van der Waals surface area contributed by atoms with Gasteiger partial charge in [-0.15, -0.1) is 0 Å². The van der Waals surface area contributed by atoms with Crippen molar-refractivity contribution >= 4 is 0 Å². The second-order valence-electron chi connectivity index (χ2n) is 2.97. The lowest BCUT2D eigenvalue weighted by atomic mass is 10.1. The van der Waals surface area contributed by atoms with E-state index in [9.17, 15) is 4.39 Å². The van der Waals surface area contributed by atoms with Gasteiger partial charge in [0.1, 0.15) is 5.83 Å². The maximum Gasteiger partial charge on any atom is 0.142 e. The topological polar surface area (TPSA) is 0 Å². The molecule has 0 unspecified atom stereocenters. The Labute approximate surface area is 75.2 Å². The highest BCUT2D eigenvalue weighted by Gasteiger charge is 1.92. The van der Waals surface area contributed by atoms with Crippen molar-refractivity contribution in [2.45, 2.75) is 52.4 Å². The van der Waals surface area contributed by atoms with Crippen LogP contribution in [0.4, 0.5) is 4.39 Å². The zero-order valence-electron chi connectivity index (χ0n) is 8.20. The van der Waals surface area contributed by atoms with Crippen molar-refractivity contribution in [3.8, 4) is 0 Å². The molecule has 70 valence electrons. The molecule has 0 amide bonds. The molecule has 0 fully saturated rings. The molecule has 0 rings (SSSR count). The van der Waals surface area contributed by atoms with E-state index in [1.165, 1.54) is 12.8 Å². The average molecular weight is 170 g/mol. The summed E-state index contributed by atoms with van der Waals surface area (Å²) in [7, 11) is 0. The largest absolute Gasteiger partial charge is 0.203 e. The van der Waals surface area contributed by atoms with E-state index < -0.39 is 0 Å². The second-order valence-corrected chi connectivity index (χ2v) is 2.97. The van der Waals surface area contributed by atoms with Crippen LogP contribution in [0.2, 0.25) is 0 Å². The van der Waals surface area contributed by atoms with E-state index in [1.54, 1.807) is 6.08 Å². The summed E-state index contributed by atoms with van der Waals surface area (Å²) in [6, 6.07) is 0. The number of hydrogen-bond donors (Lipinski definition) is 0. The maximum absolute atomic E-state index is 12.8. The van der Waals surface area contributed by atoms with Crippen molar-refractivity contribution in [1.82, 2.24) is 0 Å². The predicted octanol–water partition coefficient (Wildman–Crippen LogP) is 4.38. The summed E-state index contributed by atoms with van der Waals surface area (Å²) in [5.41, 5.74) is 2.63. The van der Waals surface area contributed by atoms with Gasteiger partial charge < -0.3 is 0 Å². The SMILES string of the molecule is CCC=C=C(F)CCCCCC. The fraction of sp³-hybridized carbons (Fsp3) is 0.727. The van der Waals surface area contributed by atoms with Crippen molar-refractivity contribution in [1.29, 1.82) is 0 Å². The number of halogens is 1. The zero-order chi connectivity index (χ0) is 9.23. The summed E-state index contributed by atoms with van der Waals surface area (Å²) in [5.74, 6) is -0.0899. The molecule has 12 heavy (non-hydrogen) atoms. The summed E-state index contributed by atoms with van der Waals surface area (Å²) in [6.07, 6.45) is 7.69. The van der Waals surface area contributed by atoms with Gasteiger partial charge in [0.2, 0.25) is 0 Å². The Morgan fingerprint density at radius 1 is 1.25 bits per heavy atom. The molecular weight excluding hydrogens is 151 g/mol.